The molecule has 0 N–H and O–H groups in total. The number of ether oxygens (including phenoxy) is 1. The molecule has 0 spiro atoms. The molecule has 1 aromatic rings. The molecule has 0 aromatic heterocycles. The van der Waals surface area contributed by atoms with Gasteiger partial charge in [0.15, 0.2) is 0 Å². The van der Waals surface area contributed by atoms with Crippen molar-refractivity contribution in [3.63, 3.8) is 0 Å². The molecule has 1 aromatic carbocycles. The van der Waals surface area contributed by atoms with Crippen molar-refractivity contribution in [3.05, 3.63) is 23.8 Å². The van der Waals surface area contributed by atoms with Crippen LogP contribution >= 0.6 is 0 Å². The molecule has 0 amide bonds. The summed E-state index contributed by atoms with van der Waals surface area (Å²) in [5.41, 5.74) is 0.889. The third kappa shape index (κ3) is 3.61. The average Bonchev–Trinajstić information content (AvgIpc) is 2.14. The maximum absolute atomic E-state index is 10.6. The Balaban J connectivity index is 3.21. The molecule has 5 heteroatoms. The van der Waals surface area contributed by atoms with Gasteiger partial charge in [0.05, 0.1) is 0 Å². The van der Waals surface area contributed by atoms with Gasteiger partial charge in [-0.1, -0.05) is 0 Å². The molecule has 0 aliphatic rings. The van der Waals surface area contributed by atoms with Gasteiger partial charge in [-0.3, -0.25) is 0 Å². The molecule has 0 fully saturated rings. The van der Waals surface area contributed by atoms with Crippen LogP contribution < -0.4 is 8.06 Å². The van der Waals surface area contributed by atoms with Gasteiger partial charge in [-0.25, -0.2) is 0 Å². The quantitative estimate of drug-likeness (QED) is 0.783. The van der Waals surface area contributed by atoms with Crippen LogP contribution in [-0.4, -0.2) is 7.11 Å². The van der Waals surface area contributed by atoms with E-state index in [1.54, 1.807) is 12.1 Å². The topological polar surface area (TPSA) is 52.6 Å². The summed E-state index contributed by atoms with van der Waals surface area (Å²) in [6, 6.07) is 5.17. The Hall–Kier alpha value is -0.866. The van der Waals surface area contributed by atoms with Crippen molar-refractivity contribution in [3.8, 4) is 11.5 Å². The fourth-order valence-corrected chi connectivity index (χ4v) is 1.76. The number of benzene rings is 1. The van der Waals surface area contributed by atoms with E-state index in [0.29, 0.717) is 11.5 Å². The average molecular weight is 259 g/mol. The van der Waals surface area contributed by atoms with Gasteiger partial charge in [-0.05, 0) is 0 Å². The van der Waals surface area contributed by atoms with Gasteiger partial charge in [0.25, 0.3) is 0 Å². The molecule has 0 unspecified atom stereocenters. The molecular weight excluding hydrogens is 244 g/mol. The number of methoxy groups -OCH3 is 1. The predicted molar refractivity (Wildman–Crippen MR) is 53.7 cm³/mol. The first-order valence-corrected chi connectivity index (χ1v) is 6.82. The fraction of sp³-hybridized carbons (Fsp3) is 0.455. The van der Waals surface area contributed by atoms with Crippen LogP contribution in [0, 0.1) is 0 Å². The van der Waals surface area contributed by atoms with Gasteiger partial charge < -0.3 is 0 Å². The van der Waals surface area contributed by atoms with Gasteiger partial charge in [-0.15, -0.1) is 0 Å². The minimum absolute atomic E-state index is 0.0847. The van der Waals surface area contributed by atoms with E-state index < -0.39 is 18.2 Å². The zero-order chi connectivity index (χ0) is 12.3. The summed E-state index contributed by atoms with van der Waals surface area (Å²) in [6.07, 6.45) is 0. The van der Waals surface area contributed by atoms with Gasteiger partial charge in [0.2, 0.25) is 0 Å². The zero-order valence-electron chi connectivity index (χ0n) is 9.87. The van der Waals surface area contributed by atoms with Crippen molar-refractivity contribution >= 4 is 0 Å². The molecule has 4 nitrogen and oxygen atoms in total. The van der Waals surface area contributed by atoms with Gasteiger partial charge in [-0.2, -0.15) is 0 Å². The van der Waals surface area contributed by atoms with Crippen LogP contribution in [0.3, 0.4) is 0 Å². The minimum atomic E-state index is -3.81. The molecule has 0 radical (unpaired) electrons. The second kappa shape index (κ2) is 4.98. The van der Waals surface area contributed by atoms with Crippen molar-refractivity contribution in [2.24, 2.45) is 0 Å². The van der Waals surface area contributed by atoms with Crippen molar-refractivity contribution in [2.45, 2.75) is 26.2 Å². The Labute approximate surface area is 102 Å². The van der Waals surface area contributed by atoms with E-state index >= 15 is 0 Å². The first-order chi connectivity index (χ1) is 7.32. The van der Waals surface area contributed by atoms with E-state index in [0.717, 1.165) is 5.56 Å². The Morgan fingerprint density at radius 3 is 2.06 bits per heavy atom. The molecular formula is C11H15O4Ti. The predicted octanol–water partition coefficient (Wildman–Crippen LogP) is 2.60. The normalized spacial score (nSPS) is 11.0. The van der Waals surface area contributed by atoms with Gasteiger partial charge >= 0.3 is 101 Å². The summed E-state index contributed by atoms with van der Waals surface area (Å²) < 4.78 is 31.1. The van der Waals surface area contributed by atoms with Crippen molar-refractivity contribution in [1.29, 1.82) is 0 Å². The van der Waals surface area contributed by atoms with E-state index in [4.69, 9.17) is 8.06 Å². The van der Waals surface area contributed by atoms with Crippen molar-refractivity contribution in [2.75, 3.05) is 7.11 Å². The number of rotatable bonds is 3. The summed E-state index contributed by atoms with van der Waals surface area (Å²) in [4.78, 5) is 0. The first kappa shape index (κ1) is 13.2. The maximum atomic E-state index is 10.6. The van der Waals surface area contributed by atoms with E-state index in [1.807, 2.05) is 26.8 Å². The molecule has 0 atom stereocenters. The zero-order valence-corrected chi connectivity index (χ0v) is 11.4. The molecule has 0 aliphatic carbocycles. The Bertz CT molecular complexity index is 436. The molecule has 0 saturated heterocycles. The monoisotopic (exact) mass is 259 g/mol. The van der Waals surface area contributed by atoms with E-state index in [1.165, 1.54) is 7.11 Å². The van der Waals surface area contributed by atoms with Gasteiger partial charge in [0, 0.05) is 0 Å². The second-order valence-electron chi connectivity index (χ2n) is 4.50. The van der Waals surface area contributed by atoms with Crippen molar-refractivity contribution in [1.82, 2.24) is 0 Å². The molecule has 0 saturated carbocycles. The van der Waals surface area contributed by atoms with E-state index in [-0.39, 0.29) is 5.41 Å². The Kier molecular flexibility index (Phi) is 4.11. The van der Waals surface area contributed by atoms with Gasteiger partial charge in [0.1, 0.15) is 0 Å². The fourth-order valence-electron chi connectivity index (χ4n) is 1.28. The van der Waals surface area contributed by atoms with E-state index in [9.17, 15) is 6.65 Å². The Morgan fingerprint density at radius 2 is 1.62 bits per heavy atom. The van der Waals surface area contributed by atoms with E-state index in [2.05, 4.69) is 0 Å². The summed E-state index contributed by atoms with van der Waals surface area (Å²) in [5.74, 6) is 0.922. The number of hydrogen-bond acceptors (Lipinski definition) is 4. The molecule has 16 heavy (non-hydrogen) atoms. The van der Waals surface area contributed by atoms with Crippen LogP contribution in [0.15, 0.2) is 18.2 Å². The third-order valence-electron chi connectivity index (χ3n) is 2.18. The summed E-state index contributed by atoms with van der Waals surface area (Å²) in [6.45, 7) is 6.12. The SMILES string of the molecule is COc1cc([O][Ti](=[O])=[O])cc(C(C)(C)C)c1. The van der Waals surface area contributed by atoms with Crippen LogP contribution in [-0.2, 0) is 30.3 Å². The molecule has 0 aliphatic heterocycles. The molecule has 1 rings (SSSR count). The van der Waals surface area contributed by atoms with Crippen LogP contribution in [0.25, 0.3) is 0 Å². The molecule has 0 heterocycles. The summed E-state index contributed by atoms with van der Waals surface area (Å²) in [5, 5.41) is 0. The second-order valence-corrected chi connectivity index (χ2v) is 5.60. The third-order valence-corrected chi connectivity index (χ3v) is 2.81. The van der Waals surface area contributed by atoms with Crippen LogP contribution in [0.4, 0.5) is 0 Å². The standard InChI is InChI=1S/C11H16O2.2O.Ti/c1-11(2,3)8-5-9(12)7-10(6-8)13-4;;;/h5-7,12H,1-4H3;;;/q;;;+1/p-1. The summed E-state index contributed by atoms with van der Waals surface area (Å²) in [7, 11) is 1.54. The van der Waals surface area contributed by atoms with Crippen LogP contribution in [0.1, 0.15) is 26.3 Å². The van der Waals surface area contributed by atoms with Crippen LogP contribution in [0.5, 0.6) is 11.5 Å². The summed E-state index contributed by atoms with van der Waals surface area (Å²) >= 11 is -3.81. The Morgan fingerprint density at radius 1 is 1.06 bits per heavy atom. The number of hydrogen-bond donors (Lipinski definition) is 0. The molecule has 0 bridgehead atoms. The molecule has 87 valence electrons. The first-order valence-electron chi connectivity index (χ1n) is 4.91. The van der Waals surface area contributed by atoms with Crippen molar-refractivity contribution < 1.29 is 32.9 Å². The van der Waals surface area contributed by atoms with Crippen LogP contribution in [0.2, 0.25) is 0 Å².